The van der Waals surface area contributed by atoms with E-state index in [4.69, 9.17) is 9.47 Å². The van der Waals surface area contributed by atoms with Gasteiger partial charge < -0.3 is 19.9 Å². The minimum atomic E-state index is -0.833. The van der Waals surface area contributed by atoms with E-state index >= 15 is 0 Å². The number of alkyl carbamates (subject to hydrolysis) is 1. The summed E-state index contributed by atoms with van der Waals surface area (Å²) in [5.41, 5.74) is -0.372. The van der Waals surface area contributed by atoms with Crippen LogP contribution in [0.1, 0.15) is 84.5 Å². The third kappa shape index (κ3) is 13.5. The zero-order valence-electron chi connectivity index (χ0n) is 20.6. The maximum atomic E-state index is 12.2. The summed E-state index contributed by atoms with van der Waals surface area (Å²) in [6.45, 7) is 4.87. The molecule has 1 aliphatic carbocycles. The van der Waals surface area contributed by atoms with E-state index in [2.05, 4.69) is 5.32 Å². The number of amides is 1. The molecule has 0 unspecified atom stereocenters. The van der Waals surface area contributed by atoms with Crippen LogP contribution < -0.4 is 5.32 Å². The summed E-state index contributed by atoms with van der Waals surface area (Å²) < 4.78 is 10.3. The molecule has 34 heavy (non-hydrogen) atoms. The molecule has 1 saturated carbocycles. The molecule has 1 aliphatic rings. The minimum absolute atomic E-state index is 0.0245. The van der Waals surface area contributed by atoms with Crippen LogP contribution in [0.4, 0.5) is 4.79 Å². The molecular formula is C24H41NO7S2. The van der Waals surface area contributed by atoms with Crippen molar-refractivity contribution in [3.05, 3.63) is 0 Å². The number of hydrogen-bond donors (Lipinski definition) is 2. The first-order chi connectivity index (χ1) is 16.3. The van der Waals surface area contributed by atoms with E-state index in [1.807, 2.05) is 13.8 Å². The number of ketones is 1. The van der Waals surface area contributed by atoms with Crippen molar-refractivity contribution in [3.8, 4) is 0 Å². The lowest BCUT2D eigenvalue weighted by Gasteiger charge is -2.36. The van der Waals surface area contributed by atoms with Gasteiger partial charge in [-0.2, -0.15) is 0 Å². The van der Waals surface area contributed by atoms with Crippen LogP contribution in [0.25, 0.3) is 0 Å². The molecule has 196 valence electrons. The van der Waals surface area contributed by atoms with Crippen LogP contribution in [0, 0.1) is 11.3 Å². The van der Waals surface area contributed by atoms with Gasteiger partial charge in [-0.3, -0.25) is 14.4 Å². The van der Waals surface area contributed by atoms with E-state index in [9.17, 15) is 24.3 Å². The molecule has 0 bridgehead atoms. The number of carbonyl (C=O) groups is 4. The molecule has 10 heteroatoms. The van der Waals surface area contributed by atoms with Gasteiger partial charge in [0.2, 0.25) is 0 Å². The molecule has 0 aromatic rings. The van der Waals surface area contributed by atoms with Crippen LogP contribution >= 0.6 is 21.6 Å². The Hall–Kier alpha value is -1.42. The van der Waals surface area contributed by atoms with Crippen molar-refractivity contribution >= 4 is 45.4 Å². The molecule has 8 nitrogen and oxygen atoms in total. The molecular weight excluding hydrogens is 478 g/mol. The molecule has 0 atom stereocenters. The Bertz CT molecular complexity index is 633. The summed E-state index contributed by atoms with van der Waals surface area (Å²) in [5.74, 6) is -0.201. The fourth-order valence-electron chi connectivity index (χ4n) is 4.33. The van der Waals surface area contributed by atoms with E-state index in [1.165, 1.54) is 21.6 Å². The van der Waals surface area contributed by atoms with Crippen LogP contribution in [-0.2, 0) is 23.9 Å². The first-order valence-electron chi connectivity index (χ1n) is 12.4. The fourth-order valence-corrected chi connectivity index (χ4v) is 5.98. The number of rotatable bonds is 18. The van der Waals surface area contributed by atoms with Gasteiger partial charge in [-0.25, -0.2) is 4.79 Å². The number of carboxylic acids is 1. The van der Waals surface area contributed by atoms with Crippen molar-refractivity contribution in [2.75, 3.05) is 31.3 Å². The third-order valence-electron chi connectivity index (χ3n) is 6.01. The van der Waals surface area contributed by atoms with Gasteiger partial charge in [-0.1, -0.05) is 67.5 Å². The fraction of sp³-hybridized carbons (Fsp3) is 0.833. The first-order valence-corrected chi connectivity index (χ1v) is 14.9. The smallest absolute Gasteiger partial charge is 0.407 e. The Morgan fingerprint density at radius 3 is 2.09 bits per heavy atom. The lowest BCUT2D eigenvalue weighted by Crippen LogP contribution is -2.40. The van der Waals surface area contributed by atoms with E-state index < -0.39 is 18.0 Å². The van der Waals surface area contributed by atoms with Crippen LogP contribution in [-0.4, -0.2) is 60.2 Å². The van der Waals surface area contributed by atoms with E-state index in [0.717, 1.165) is 57.8 Å². The highest BCUT2D eigenvalue weighted by Gasteiger charge is 2.34. The number of esters is 1. The second-order valence-corrected chi connectivity index (χ2v) is 11.6. The first kappa shape index (κ1) is 30.6. The van der Waals surface area contributed by atoms with Gasteiger partial charge in [-0.15, -0.1) is 0 Å². The van der Waals surface area contributed by atoms with Crippen LogP contribution in [0.15, 0.2) is 0 Å². The van der Waals surface area contributed by atoms with Crippen molar-refractivity contribution < 1.29 is 33.8 Å². The number of carboxylic acid groups (broad SMARTS) is 1. The average molecular weight is 520 g/mol. The Morgan fingerprint density at radius 2 is 1.53 bits per heavy atom. The SMILES string of the molecule is CCCC(CCC)C(=O)CC(=O)OCCSSCCOC(=O)NCC1(CC(=O)O)CCCCC1. The normalized spacial score (nSPS) is 15.0. The highest BCUT2D eigenvalue weighted by Crippen LogP contribution is 2.38. The van der Waals surface area contributed by atoms with Gasteiger partial charge in [0.15, 0.2) is 0 Å². The van der Waals surface area contributed by atoms with Crippen LogP contribution in [0.3, 0.4) is 0 Å². The lowest BCUT2D eigenvalue weighted by molar-refractivity contribution is -0.146. The van der Waals surface area contributed by atoms with Gasteiger partial charge in [0.1, 0.15) is 25.4 Å². The number of aliphatic carboxylic acids is 1. The molecule has 0 heterocycles. The number of carbonyl (C=O) groups excluding carboxylic acids is 3. The van der Waals surface area contributed by atoms with Crippen LogP contribution in [0.2, 0.25) is 0 Å². The minimum Gasteiger partial charge on any atom is -0.481 e. The Balaban J connectivity index is 2.09. The van der Waals surface area contributed by atoms with Crippen molar-refractivity contribution in [2.45, 2.75) is 84.5 Å². The molecule has 0 aromatic heterocycles. The zero-order chi connectivity index (χ0) is 25.2. The summed E-state index contributed by atoms with van der Waals surface area (Å²) in [5, 5.41) is 11.9. The molecule has 1 fully saturated rings. The molecule has 0 aliphatic heterocycles. The van der Waals surface area contributed by atoms with Gasteiger partial charge >= 0.3 is 18.0 Å². The second-order valence-electron chi connectivity index (χ2n) is 8.90. The highest BCUT2D eigenvalue weighted by atomic mass is 33.1. The number of nitrogens with one attached hydrogen (secondary N) is 1. The van der Waals surface area contributed by atoms with Gasteiger partial charge in [0.05, 0.1) is 6.42 Å². The van der Waals surface area contributed by atoms with E-state index in [1.54, 1.807) is 0 Å². The molecule has 0 aromatic carbocycles. The predicted molar refractivity (Wildman–Crippen MR) is 136 cm³/mol. The Kier molecular flexibility index (Phi) is 16.1. The monoisotopic (exact) mass is 519 g/mol. The van der Waals surface area contributed by atoms with Crippen molar-refractivity contribution in [1.29, 1.82) is 0 Å². The van der Waals surface area contributed by atoms with Crippen molar-refractivity contribution in [2.24, 2.45) is 11.3 Å². The molecule has 0 saturated heterocycles. The predicted octanol–water partition coefficient (Wildman–Crippen LogP) is 5.24. The molecule has 1 rings (SSSR count). The quantitative estimate of drug-likeness (QED) is 0.108. The molecule has 1 amide bonds. The standard InChI is InChI=1S/C24H41NO7S2/c1-3-8-19(9-4-2)20(26)16-22(29)31-12-14-33-34-15-13-32-23(30)25-18-24(17-21(27)28)10-6-5-7-11-24/h19H,3-18H2,1-2H3,(H,25,30)(H,27,28). The van der Waals surface area contributed by atoms with E-state index in [-0.39, 0.29) is 43.2 Å². The maximum absolute atomic E-state index is 12.2. The number of ether oxygens (including phenoxy) is 2. The number of hydrogen-bond acceptors (Lipinski definition) is 8. The van der Waals surface area contributed by atoms with E-state index in [0.29, 0.717) is 18.1 Å². The average Bonchev–Trinajstić information content (AvgIpc) is 2.79. The summed E-state index contributed by atoms with van der Waals surface area (Å²) in [6.07, 6.45) is 7.57. The summed E-state index contributed by atoms with van der Waals surface area (Å²) in [4.78, 5) is 47.3. The number of Topliss-reactive ketones (excluding diaryl/α,β-unsaturated/α-hetero) is 1. The van der Waals surface area contributed by atoms with Crippen LogP contribution in [0.5, 0.6) is 0 Å². The summed E-state index contributed by atoms with van der Waals surface area (Å²) in [6, 6.07) is 0. The van der Waals surface area contributed by atoms with Crippen molar-refractivity contribution in [1.82, 2.24) is 5.32 Å². The summed E-state index contributed by atoms with van der Waals surface area (Å²) >= 11 is 0. The molecule has 0 spiro atoms. The highest BCUT2D eigenvalue weighted by molar-refractivity contribution is 8.76. The largest absolute Gasteiger partial charge is 0.481 e. The van der Waals surface area contributed by atoms with Gasteiger partial charge in [-0.05, 0) is 31.1 Å². The Labute approximate surface area is 211 Å². The van der Waals surface area contributed by atoms with Gasteiger partial charge in [0, 0.05) is 24.0 Å². The zero-order valence-corrected chi connectivity index (χ0v) is 22.2. The second kappa shape index (κ2) is 17.9. The molecule has 0 radical (unpaired) electrons. The Morgan fingerprint density at radius 1 is 0.941 bits per heavy atom. The van der Waals surface area contributed by atoms with Gasteiger partial charge in [0.25, 0.3) is 0 Å². The third-order valence-corrected chi connectivity index (χ3v) is 8.34. The lowest BCUT2D eigenvalue weighted by atomic mass is 9.72. The topological polar surface area (TPSA) is 119 Å². The van der Waals surface area contributed by atoms with Crippen molar-refractivity contribution in [3.63, 3.8) is 0 Å². The maximum Gasteiger partial charge on any atom is 0.407 e. The summed E-state index contributed by atoms with van der Waals surface area (Å²) in [7, 11) is 3.02. The molecule has 2 N–H and O–H groups in total.